The Morgan fingerprint density at radius 1 is 1.10 bits per heavy atom. The summed E-state index contributed by atoms with van der Waals surface area (Å²) in [6.07, 6.45) is 9.19. The summed E-state index contributed by atoms with van der Waals surface area (Å²) in [6, 6.07) is 7.57. The van der Waals surface area contributed by atoms with E-state index in [1.54, 1.807) is 0 Å². The highest BCUT2D eigenvalue weighted by Crippen LogP contribution is 2.14. The molecule has 0 aliphatic rings. The van der Waals surface area contributed by atoms with E-state index in [1.165, 1.54) is 44.9 Å². The van der Waals surface area contributed by atoms with Crippen LogP contribution in [0.5, 0.6) is 0 Å². The Hall–Kier alpha value is -0.800. The summed E-state index contributed by atoms with van der Waals surface area (Å²) in [5.41, 5.74) is 0.926. The van der Waals surface area contributed by atoms with Crippen molar-refractivity contribution in [3.63, 3.8) is 0 Å². The first-order chi connectivity index (χ1) is 9.72. The first-order valence-corrected chi connectivity index (χ1v) is 8.31. The third-order valence-corrected chi connectivity index (χ3v) is 3.63. The fourth-order valence-corrected chi connectivity index (χ4v) is 2.44. The van der Waals surface area contributed by atoms with Crippen LogP contribution >= 0.6 is 23.8 Å². The molecule has 0 heterocycles. The quantitative estimate of drug-likeness (QED) is 0.473. The van der Waals surface area contributed by atoms with Crippen LogP contribution in [-0.2, 0) is 0 Å². The fraction of sp³-hybridized carbons (Fsp3) is 0.562. The number of thiocarbonyl (C=S) groups is 1. The maximum absolute atomic E-state index is 5.92. The number of halogens is 1. The van der Waals surface area contributed by atoms with E-state index in [0.717, 1.165) is 12.2 Å². The molecule has 112 valence electrons. The molecule has 0 bridgehead atoms. The summed E-state index contributed by atoms with van der Waals surface area (Å²) in [5, 5.41) is 7.75. The van der Waals surface area contributed by atoms with Gasteiger partial charge < -0.3 is 10.6 Å². The molecule has 0 spiro atoms. The lowest BCUT2D eigenvalue weighted by atomic mass is 10.1. The molecule has 0 aromatic heterocycles. The Kier molecular flexibility index (Phi) is 9.42. The highest BCUT2D eigenvalue weighted by atomic mass is 35.5. The first-order valence-electron chi connectivity index (χ1n) is 7.53. The van der Waals surface area contributed by atoms with Gasteiger partial charge in [0.25, 0.3) is 0 Å². The third-order valence-electron chi connectivity index (χ3n) is 3.15. The molecule has 0 saturated heterocycles. The number of rotatable bonds is 9. The standard InChI is InChI=1S/C16H25ClN2S/c1-2-3-4-5-6-7-8-12-18-16(20)19-15-11-9-10-14(17)13-15/h9-11,13H,2-8,12H2,1H3,(H2,18,19,20). The second-order valence-corrected chi connectivity index (χ2v) is 5.86. The van der Waals surface area contributed by atoms with Gasteiger partial charge in [-0.25, -0.2) is 0 Å². The molecule has 2 N–H and O–H groups in total. The molecule has 0 amide bonds. The second kappa shape index (κ2) is 10.9. The van der Waals surface area contributed by atoms with Crippen molar-refractivity contribution in [1.82, 2.24) is 5.32 Å². The summed E-state index contributed by atoms with van der Waals surface area (Å²) < 4.78 is 0. The van der Waals surface area contributed by atoms with Gasteiger partial charge in [-0.3, -0.25) is 0 Å². The number of hydrogen-bond donors (Lipinski definition) is 2. The molecule has 0 aliphatic carbocycles. The Morgan fingerprint density at radius 3 is 2.50 bits per heavy atom. The molecular weight excluding hydrogens is 288 g/mol. The molecule has 0 aliphatic heterocycles. The average molecular weight is 313 g/mol. The van der Waals surface area contributed by atoms with Crippen molar-refractivity contribution < 1.29 is 0 Å². The van der Waals surface area contributed by atoms with Crippen LogP contribution in [0.2, 0.25) is 5.02 Å². The summed E-state index contributed by atoms with van der Waals surface area (Å²) in [7, 11) is 0. The van der Waals surface area contributed by atoms with Gasteiger partial charge in [-0.15, -0.1) is 0 Å². The largest absolute Gasteiger partial charge is 0.362 e. The van der Waals surface area contributed by atoms with E-state index < -0.39 is 0 Å². The molecule has 0 atom stereocenters. The third kappa shape index (κ3) is 8.39. The molecule has 1 aromatic rings. The summed E-state index contributed by atoms with van der Waals surface area (Å²) >= 11 is 11.2. The van der Waals surface area contributed by atoms with Gasteiger partial charge in [-0.1, -0.05) is 63.1 Å². The maximum atomic E-state index is 5.92. The van der Waals surface area contributed by atoms with Crippen LogP contribution in [0.1, 0.15) is 51.9 Å². The van der Waals surface area contributed by atoms with Crippen LogP contribution in [0.25, 0.3) is 0 Å². The number of unbranched alkanes of at least 4 members (excludes halogenated alkanes) is 6. The minimum Gasteiger partial charge on any atom is -0.362 e. The van der Waals surface area contributed by atoms with Crippen molar-refractivity contribution in [3.8, 4) is 0 Å². The van der Waals surface area contributed by atoms with Crippen LogP contribution in [0.15, 0.2) is 24.3 Å². The zero-order valence-electron chi connectivity index (χ0n) is 12.3. The van der Waals surface area contributed by atoms with Crippen molar-refractivity contribution in [2.24, 2.45) is 0 Å². The molecule has 1 rings (SSSR count). The molecule has 0 unspecified atom stereocenters. The fourth-order valence-electron chi connectivity index (χ4n) is 2.03. The highest BCUT2D eigenvalue weighted by Gasteiger charge is 1.98. The molecule has 0 fully saturated rings. The smallest absolute Gasteiger partial charge is 0.170 e. The zero-order valence-corrected chi connectivity index (χ0v) is 13.8. The van der Waals surface area contributed by atoms with Gasteiger partial charge in [0.15, 0.2) is 5.11 Å². The van der Waals surface area contributed by atoms with Crippen molar-refractivity contribution in [2.45, 2.75) is 51.9 Å². The molecule has 1 aromatic carbocycles. The maximum Gasteiger partial charge on any atom is 0.170 e. The van der Waals surface area contributed by atoms with E-state index in [-0.39, 0.29) is 0 Å². The van der Waals surface area contributed by atoms with E-state index in [9.17, 15) is 0 Å². The number of hydrogen-bond acceptors (Lipinski definition) is 1. The Bertz CT molecular complexity index is 396. The molecule has 0 saturated carbocycles. The predicted molar refractivity (Wildman–Crippen MR) is 93.7 cm³/mol. The van der Waals surface area contributed by atoms with Crippen molar-refractivity contribution in [2.75, 3.05) is 11.9 Å². The number of anilines is 1. The number of nitrogens with one attached hydrogen (secondary N) is 2. The lowest BCUT2D eigenvalue weighted by molar-refractivity contribution is 0.586. The van der Waals surface area contributed by atoms with E-state index >= 15 is 0 Å². The van der Waals surface area contributed by atoms with Gasteiger partial charge in [-0.2, -0.15) is 0 Å². The van der Waals surface area contributed by atoms with E-state index in [1.807, 2.05) is 24.3 Å². The predicted octanol–water partition coefficient (Wildman–Crippen LogP) is 5.38. The van der Waals surface area contributed by atoms with Crippen molar-refractivity contribution in [1.29, 1.82) is 0 Å². The van der Waals surface area contributed by atoms with Gasteiger partial charge in [0, 0.05) is 17.3 Å². The van der Waals surface area contributed by atoms with Gasteiger partial charge >= 0.3 is 0 Å². The Labute approximate surface area is 133 Å². The summed E-state index contributed by atoms with van der Waals surface area (Å²) in [4.78, 5) is 0. The van der Waals surface area contributed by atoms with Gasteiger partial charge in [0.2, 0.25) is 0 Å². The van der Waals surface area contributed by atoms with Crippen LogP contribution < -0.4 is 10.6 Å². The first kappa shape index (κ1) is 17.3. The van der Waals surface area contributed by atoms with Gasteiger partial charge in [0.1, 0.15) is 0 Å². The van der Waals surface area contributed by atoms with Crippen molar-refractivity contribution >= 4 is 34.6 Å². The summed E-state index contributed by atoms with van der Waals surface area (Å²) in [6.45, 7) is 3.18. The minimum absolute atomic E-state index is 0.665. The average Bonchev–Trinajstić information content (AvgIpc) is 2.42. The van der Waals surface area contributed by atoms with Crippen LogP contribution in [-0.4, -0.2) is 11.7 Å². The van der Waals surface area contributed by atoms with Crippen LogP contribution in [0, 0.1) is 0 Å². The van der Waals surface area contributed by atoms with Crippen LogP contribution in [0.3, 0.4) is 0 Å². The van der Waals surface area contributed by atoms with Crippen LogP contribution in [0.4, 0.5) is 5.69 Å². The topological polar surface area (TPSA) is 24.1 Å². The SMILES string of the molecule is CCCCCCCCCNC(=S)Nc1cccc(Cl)c1. The van der Waals surface area contributed by atoms with E-state index in [0.29, 0.717) is 10.1 Å². The minimum atomic E-state index is 0.665. The Balaban J connectivity index is 2.03. The zero-order chi connectivity index (χ0) is 14.6. The van der Waals surface area contributed by atoms with Gasteiger partial charge in [0.05, 0.1) is 0 Å². The lowest BCUT2D eigenvalue weighted by Crippen LogP contribution is -2.29. The molecule has 2 nitrogen and oxygen atoms in total. The second-order valence-electron chi connectivity index (χ2n) is 5.01. The molecule has 20 heavy (non-hydrogen) atoms. The summed E-state index contributed by atoms with van der Waals surface area (Å²) in [5.74, 6) is 0. The Morgan fingerprint density at radius 2 is 1.80 bits per heavy atom. The molecule has 4 heteroatoms. The monoisotopic (exact) mass is 312 g/mol. The highest BCUT2D eigenvalue weighted by molar-refractivity contribution is 7.80. The normalized spacial score (nSPS) is 10.3. The molecule has 0 radical (unpaired) electrons. The lowest BCUT2D eigenvalue weighted by Gasteiger charge is -2.10. The van der Waals surface area contributed by atoms with E-state index in [2.05, 4.69) is 17.6 Å². The van der Waals surface area contributed by atoms with E-state index in [4.69, 9.17) is 23.8 Å². The van der Waals surface area contributed by atoms with Gasteiger partial charge in [-0.05, 0) is 36.8 Å². The number of benzene rings is 1. The molecular formula is C16H25ClN2S. The van der Waals surface area contributed by atoms with Crippen molar-refractivity contribution in [3.05, 3.63) is 29.3 Å².